The van der Waals surface area contributed by atoms with Crippen LogP contribution in [0.5, 0.6) is 0 Å². The molecule has 0 aromatic heterocycles. The Balaban J connectivity index is 2.13. The minimum absolute atomic E-state index is 0.114. The first kappa shape index (κ1) is 9.04. The van der Waals surface area contributed by atoms with Crippen molar-refractivity contribution >= 4 is 6.71 Å². The van der Waals surface area contributed by atoms with E-state index in [4.69, 9.17) is 14.9 Å². The van der Waals surface area contributed by atoms with Crippen molar-refractivity contribution in [2.24, 2.45) is 0 Å². The largest absolute Gasteiger partial charge is 0.394 e. The van der Waals surface area contributed by atoms with Gasteiger partial charge in [-0.3, -0.25) is 0 Å². The SMILES string of the molecule is OCC(O)CB1CCOCC1. The second-order valence-corrected chi connectivity index (χ2v) is 3.13. The lowest BCUT2D eigenvalue weighted by atomic mass is 9.41. The molecule has 3 nitrogen and oxygen atoms in total. The Morgan fingerprint density at radius 2 is 2.00 bits per heavy atom. The van der Waals surface area contributed by atoms with Crippen molar-refractivity contribution in [1.29, 1.82) is 0 Å². The third kappa shape index (κ3) is 3.23. The van der Waals surface area contributed by atoms with E-state index < -0.39 is 6.10 Å². The van der Waals surface area contributed by atoms with Crippen LogP contribution in [0.25, 0.3) is 0 Å². The maximum absolute atomic E-state index is 9.12. The zero-order valence-corrected chi connectivity index (χ0v) is 6.70. The molecule has 4 heteroatoms. The first-order chi connectivity index (χ1) is 5.33. The van der Waals surface area contributed by atoms with Crippen molar-refractivity contribution in [3.8, 4) is 0 Å². The molecule has 0 spiro atoms. The Morgan fingerprint density at radius 3 is 2.55 bits per heavy atom. The van der Waals surface area contributed by atoms with E-state index in [1.54, 1.807) is 0 Å². The summed E-state index contributed by atoms with van der Waals surface area (Å²) in [6, 6.07) is 0. The molecule has 0 aliphatic carbocycles. The van der Waals surface area contributed by atoms with Crippen LogP contribution in [0.3, 0.4) is 0 Å². The first-order valence-electron chi connectivity index (χ1n) is 4.19. The maximum Gasteiger partial charge on any atom is 0.147 e. The van der Waals surface area contributed by atoms with E-state index in [0.29, 0.717) is 6.71 Å². The number of hydrogen-bond acceptors (Lipinski definition) is 3. The van der Waals surface area contributed by atoms with E-state index in [2.05, 4.69) is 0 Å². The first-order valence-corrected chi connectivity index (χ1v) is 4.19. The highest BCUT2D eigenvalue weighted by molar-refractivity contribution is 6.59. The Morgan fingerprint density at radius 1 is 1.36 bits per heavy atom. The number of hydrogen-bond donors (Lipinski definition) is 2. The molecule has 0 saturated carbocycles. The minimum atomic E-state index is -0.530. The molecular formula is C7H15BO3. The van der Waals surface area contributed by atoms with Gasteiger partial charge in [0.05, 0.1) is 12.7 Å². The fourth-order valence-corrected chi connectivity index (χ4v) is 1.44. The van der Waals surface area contributed by atoms with E-state index in [9.17, 15) is 0 Å². The quantitative estimate of drug-likeness (QED) is 0.562. The zero-order valence-electron chi connectivity index (χ0n) is 6.70. The number of aliphatic hydroxyl groups is 2. The average Bonchev–Trinajstić information content (AvgIpc) is 2.06. The lowest BCUT2D eigenvalue weighted by Crippen LogP contribution is -2.28. The van der Waals surface area contributed by atoms with Crippen LogP contribution in [0.4, 0.5) is 0 Å². The molecule has 0 aromatic carbocycles. The topological polar surface area (TPSA) is 49.7 Å². The Bertz CT molecular complexity index is 104. The molecule has 0 radical (unpaired) electrons. The van der Waals surface area contributed by atoms with Gasteiger partial charge >= 0.3 is 0 Å². The molecule has 1 unspecified atom stereocenters. The summed E-state index contributed by atoms with van der Waals surface area (Å²) >= 11 is 0. The molecule has 0 amide bonds. The number of aliphatic hydroxyl groups excluding tert-OH is 2. The van der Waals surface area contributed by atoms with Crippen LogP contribution in [-0.4, -0.2) is 42.9 Å². The van der Waals surface area contributed by atoms with E-state index in [1.807, 2.05) is 0 Å². The summed E-state index contributed by atoms with van der Waals surface area (Å²) in [7, 11) is 0. The molecule has 2 N–H and O–H groups in total. The van der Waals surface area contributed by atoms with Gasteiger partial charge in [0.25, 0.3) is 0 Å². The minimum Gasteiger partial charge on any atom is -0.394 e. The Labute approximate surface area is 67.4 Å². The highest BCUT2D eigenvalue weighted by atomic mass is 16.5. The summed E-state index contributed by atoms with van der Waals surface area (Å²) in [5, 5.41) is 17.7. The lowest BCUT2D eigenvalue weighted by Gasteiger charge is -2.20. The molecule has 1 aliphatic rings. The number of ether oxygens (including phenoxy) is 1. The predicted molar refractivity (Wildman–Crippen MR) is 44.1 cm³/mol. The third-order valence-corrected chi connectivity index (χ3v) is 2.16. The van der Waals surface area contributed by atoms with Crippen molar-refractivity contribution in [2.75, 3.05) is 19.8 Å². The number of rotatable bonds is 3. The van der Waals surface area contributed by atoms with Gasteiger partial charge in [-0.2, -0.15) is 0 Å². The molecule has 64 valence electrons. The highest BCUT2D eigenvalue weighted by Crippen LogP contribution is 2.13. The molecule has 1 atom stereocenters. The molecule has 1 rings (SSSR count). The van der Waals surface area contributed by atoms with Crippen molar-refractivity contribution in [3.63, 3.8) is 0 Å². The fraction of sp³-hybridized carbons (Fsp3) is 1.00. The second kappa shape index (κ2) is 4.75. The molecule has 1 aliphatic heterocycles. The zero-order chi connectivity index (χ0) is 8.10. The monoisotopic (exact) mass is 158 g/mol. The van der Waals surface area contributed by atoms with Crippen molar-refractivity contribution in [2.45, 2.75) is 25.1 Å². The molecule has 1 saturated heterocycles. The normalized spacial score (nSPS) is 21.8. The maximum atomic E-state index is 9.12. The van der Waals surface area contributed by atoms with Crippen molar-refractivity contribution in [1.82, 2.24) is 0 Å². The van der Waals surface area contributed by atoms with Gasteiger partial charge < -0.3 is 14.9 Å². The summed E-state index contributed by atoms with van der Waals surface area (Å²) in [4.78, 5) is 0. The van der Waals surface area contributed by atoms with Crippen LogP contribution in [0.2, 0.25) is 19.0 Å². The Hall–Kier alpha value is -0.0551. The Kier molecular flexibility index (Phi) is 3.90. The van der Waals surface area contributed by atoms with Crippen molar-refractivity contribution in [3.05, 3.63) is 0 Å². The molecule has 1 heterocycles. The van der Waals surface area contributed by atoms with Gasteiger partial charge in [-0.05, 0) is 6.32 Å². The van der Waals surface area contributed by atoms with Crippen molar-refractivity contribution < 1.29 is 14.9 Å². The molecule has 0 bridgehead atoms. The molecular weight excluding hydrogens is 143 g/mol. The standard InChI is InChI=1S/C7H15BO3/c9-6-7(10)5-8-1-3-11-4-2-8/h7,9-10H,1-6H2. The molecule has 11 heavy (non-hydrogen) atoms. The van der Waals surface area contributed by atoms with E-state index in [-0.39, 0.29) is 6.61 Å². The van der Waals surface area contributed by atoms with Gasteiger partial charge in [0.15, 0.2) is 0 Å². The lowest BCUT2D eigenvalue weighted by molar-refractivity contribution is 0.106. The van der Waals surface area contributed by atoms with Gasteiger partial charge in [-0.25, -0.2) is 0 Å². The van der Waals surface area contributed by atoms with Crippen LogP contribution in [0.15, 0.2) is 0 Å². The van der Waals surface area contributed by atoms with Gasteiger partial charge in [-0.15, -0.1) is 0 Å². The van der Waals surface area contributed by atoms with Crippen LogP contribution in [0.1, 0.15) is 0 Å². The second-order valence-electron chi connectivity index (χ2n) is 3.13. The predicted octanol–water partition coefficient (Wildman–Crippen LogP) is -0.135. The molecule has 1 fully saturated rings. The third-order valence-electron chi connectivity index (χ3n) is 2.16. The summed E-state index contributed by atoms with van der Waals surface area (Å²) in [6.07, 6.45) is 2.24. The van der Waals surface area contributed by atoms with Gasteiger partial charge in [-0.1, -0.05) is 12.6 Å². The van der Waals surface area contributed by atoms with Gasteiger partial charge in [0.1, 0.15) is 6.71 Å². The van der Waals surface area contributed by atoms with Crippen LogP contribution < -0.4 is 0 Å². The van der Waals surface area contributed by atoms with E-state index in [1.165, 1.54) is 0 Å². The molecule has 0 aromatic rings. The highest BCUT2D eigenvalue weighted by Gasteiger charge is 2.20. The van der Waals surface area contributed by atoms with Crippen LogP contribution in [0, 0.1) is 0 Å². The summed E-state index contributed by atoms with van der Waals surface area (Å²) in [6.45, 7) is 2.05. The van der Waals surface area contributed by atoms with Crippen LogP contribution in [-0.2, 0) is 4.74 Å². The summed E-state index contributed by atoms with van der Waals surface area (Å²) in [5.41, 5.74) is 0. The van der Waals surface area contributed by atoms with E-state index >= 15 is 0 Å². The average molecular weight is 158 g/mol. The van der Waals surface area contributed by atoms with Gasteiger partial charge in [0, 0.05) is 13.2 Å². The fourth-order valence-electron chi connectivity index (χ4n) is 1.44. The van der Waals surface area contributed by atoms with Gasteiger partial charge in [0.2, 0.25) is 0 Å². The summed E-state index contributed by atoms with van der Waals surface area (Å²) < 4.78 is 5.17. The smallest absolute Gasteiger partial charge is 0.147 e. The van der Waals surface area contributed by atoms with Crippen LogP contribution >= 0.6 is 0 Å². The summed E-state index contributed by atoms with van der Waals surface area (Å²) in [5.74, 6) is 0. The van der Waals surface area contributed by atoms with E-state index in [0.717, 1.165) is 32.2 Å².